The zero-order chi connectivity index (χ0) is 18.4. The fourth-order valence-electron chi connectivity index (χ4n) is 3.10. The average molecular weight is 347 g/mol. The Morgan fingerprint density at radius 2 is 1.96 bits per heavy atom. The summed E-state index contributed by atoms with van der Waals surface area (Å²) in [5.41, 5.74) is 6.70. The second-order valence-corrected chi connectivity index (χ2v) is 6.90. The van der Waals surface area contributed by atoms with Gasteiger partial charge in [0.05, 0.1) is 6.04 Å². The number of amides is 2. The molecule has 2 N–H and O–H groups in total. The molecular formula is C19H29N3O3. The minimum atomic E-state index is -0.516. The molecule has 0 saturated carbocycles. The summed E-state index contributed by atoms with van der Waals surface area (Å²) >= 11 is 0. The highest BCUT2D eigenvalue weighted by Crippen LogP contribution is 2.20. The number of carbonyl (C=O) groups excluding carboxylic acids is 2. The quantitative estimate of drug-likeness (QED) is 0.857. The Bertz CT molecular complexity index is 575. The van der Waals surface area contributed by atoms with Crippen LogP contribution in [-0.2, 0) is 16.1 Å². The number of hydrogen-bond acceptors (Lipinski definition) is 4. The van der Waals surface area contributed by atoms with Crippen LogP contribution in [-0.4, -0.2) is 53.0 Å². The van der Waals surface area contributed by atoms with Crippen molar-refractivity contribution < 1.29 is 14.3 Å². The fourth-order valence-corrected chi connectivity index (χ4v) is 3.10. The Morgan fingerprint density at radius 1 is 1.28 bits per heavy atom. The number of likely N-dealkylation sites (tertiary alicyclic amines) is 1. The molecule has 1 fully saturated rings. The summed E-state index contributed by atoms with van der Waals surface area (Å²) in [6, 6.07) is 9.09. The fraction of sp³-hybridized carbons (Fsp3) is 0.579. The Balaban J connectivity index is 1.97. The molecule has 0 unspecified atom stereocenters. The lowest BCUT2D eigenvalue weighted by Crippen LogP contribution is -2.51. The van der Waals surface area contributed by atoms with Crippen molar-refractivity contribution in [2.24, 2.45) is 5.73 Å². The molecule has 1 saturated heterocycles. The van der Waals surface area contributed by atoms with Crippen molar-refractivity contribution in [3.05, 3.63) is 35.9 Å². The van der Waals surface area contributed by atoms with Gasteiger partial charge in [-0.1, -0.05) is 30.3 Å². The predicted molar refractivity (Wildman–Crippen MR) is 96.9 cm³/mol. The lowest BCUT2D eigenvalue weighted by molar-refractivity contribution is -0.133. The number of nitrogens with zero attached hydrogens (tertiary/aromatic N) is 2. The Hall–Kier alpha value is -2.08. The summed E-state index contributed by atoms with van der Waals surface area (Å²) < 4.78 is 5.46. The molecule has 25 heavy (non-hydrogen) atoms. The first-order valence-corrected chi connectivity index (χ1v) is 8.93. The van der Waals surface area contributed by atoms with Crippen LogP contribution in [0.25, 0.3) is 0 Å². The molecule has 0 aromatic heterocycles. The number of nitrogens with two attached hydrogens (primary N) is 1. The number of carbonyl (C=O) groups is 2. The van der Waals surface area contributed by atoms with Gasteiger partial charge < -0.3 is 20.3 Å². The molecule has 6 nitrogen and oxygen atoms in total. The topological polar surface area (TPSA) is 75.9 Å². The van der Waals surface area contributed by atoms with Crippen molar-refractivity contribution >= 4 is 12.0 Å². The van der Waals surface area contributed by atoms with E-state index in [0.717, 1.165) is 18.4 Å². The maximum Gasteiger partial charge on any atom is 0.410 e. The summed E-state index contributed by atoms with van der Waals surface area (Å²) in [4.78, 5) is 28.3. The molecule has 6 heteroatoms. The molecule has 1 heterocycles. The summed E-state index contributed by atoms with van der Waals surface area (Å²) in [5.74, 6) is -0.0520. The van der Waals surface area contributed by atoms with Crippen LogP contribution in [0, 0.1) is 0 Å². The average Bonchev–Trinajstić information content (AvgIpc) is 3.05. The molecule has 2 amide bonds. The molecule has 1 aliphatic heterocycles. The van der Waals surface area contributed by atoms with Gasteiger partial charge in [0.2, 0.25) is 5.91 Å². The lowest BCUT2D eigenvalue weighted by atomic mass is 10.1. The molecule has 138 valence electrons. The van der Waals surface area contributed by atoms with E-state index in [2.05, 4.69) is 0 Å². The molecule has 0 aliphatic carbocycles. The molecule has 1 aliphatic rings. The molecule has 2 rings (SSSR count). The molecule has 1 aromatic rings. The summed E-state index contributed by atoms with van der Waals surface area (Å²) in [5, 5.41) is 0. The van der Waals surface area contributed by atoms with Gasteiger partial charge in [-0.2, -0.15) is 0 Å². The maximum atomic E-state index is 12.5. The summed E-state index contributed by atoms with van der Waals surface area (Å²) in [7, 11) is 0. The molecule has 1 aromatic carbocycles. The first-order valence-electron chi connectivity index (χ1n) is 8.93. The zero-order valence-electron chi connectivity index (χ0n) is 15.4. The normalized spacial score (nSPS) is 18.3. The van der Waals surface area contributed by atoms with Crippen molar-refractivity contribution in [3.8, 4) is 0 Å². The van der Waals surface area contributed by atoms with E-state index in [9.17, 15) is 9.59 Å². The highest BCUT2D eigenvalue weighted by Gasteiger charge is 2.33. The largest absolute Gasteiger partial charge is 0.445 e. The van der Waals surface area contributed by atoms with Gasteiger partial charge in [-0.05, 0) is 39.2 Å². The number of hydrogen-bond donors (Lipinski definition) is 1. The van der Waals surface area contributed by atoms with Crippen LogP contribution in [0.3, 0.4) is 0 Å². The molecular weight excluding hydrogens is 318 g/mol. The van der Waals surface area contributed by atoms with Crippen LogP contribution in [0.15, 0.2) is 30.3 Å². The van der Waals surface area contributed by atoms with Crippen molar-refractivity contribution in [2.75, 3.05) is 13.1 Å². The van der Waals surface area contributed by atoms with Crippen LogP contribution in [0.4, 0.5) is 4.79 Å². The van der Waals surface area contributed by atoms with Gasteiger partial charge in [-0.25, -0.2) is 4.79 Å². The van der Waals surface area contributed by atoms with E-state index < -0.39 is 6.04 Å². The van der Waals surface area contributed by atoms with Gasteiger partial charge in [0.15, 0.2) is 0 Å². The van der Waals surface area contributed by atoms with E-state index >= 15 is 0 Å². The van der Waals surface area contributed by atoms with Gasteiger partial charge >= 0.3 is 6.09 Å². The van der Waals surface area contributed by atoms with Gasteiger partial charge in [0, 0.05) is 25.2 Å². The summed E-state index contributed by atoms with van der Waals surface area (Å²) in [6.07, 6.45) is 1.47. The van der Waals surface area contributed by atoms with Crippen molar-refractivity contribution in [1.29, 1.82) is 0 Å². The first kappa shape index (κ1) is 19.2. The summed E-state index contributed by atoms with van der Waals surface area (Å²) in [6.45, 7) is 7.04. The van der Waals surface area contributed by atoms with Crippen molar-refractivity contribution in [3.63, 3.8) is 0 Å². The second kappa shape index (κ2) is 8.85. The van der Waals surface area contributed by atoms with Crippen LogP contribution >= 0.6 is 0 Å². The van der Waals surface area contributed by atoms with Gasteiger partial charge in [-0.3, -0.25) is 4.79 Å². The SMILES string of the molecule is CC(C)N(C[C@@H]1CCCN1C(=O)[C@H](C)N)C(=O)OCc1ccccc1. The molecule has 0 spiro atoms. The highest BCUT2D eigenvalue weighted by molar-refractivity contribution is 5.81. The number of benzene rings is 1. The smallest absolute Gasteiger partial charge is 0.410 e. The highest BCUT2D eigenvalue weighted by atomic mass is 16.6. The third kappa shape index (κ3) is 5.19. The number of ether oxygens (including phenoxy) is 1. The van der Waals surface area contributed by atoms with Crippen LogP contribution in [0.2, 0.25) is 0 Å². The number of rotatable bonds is 6. The second-order valence-electron chi connectivity index (χ2n) is 6.90. The van der Waals surface area contributed by atoms with E-state index in [1.807, 2.05) is 49.1 Å². The Labute approximate surface area is 149 Å². The van der Waals surface area contributed by atoms with Gasteiger partial charge in [-0.15, -0.1) is 0 Å². The Kier molecular flexibility index (Phi) is 6.82. The van der Waals surface area contributed by atoms with Crippen molar-refractivity contribution in [2.45, 2.75) is 58.3 Å². The Morgan fingerprint density at radius 3 is 2.56 bits per heavy atom. The third-order valence-electron chi connectivity index (χ3n) is 4.52. The van der Waals surface area contributed by atoms with E-state index in [1.54, 1.807) is 11.8 Å². The van der Waals surface area contributed by atoms with Crippen LogP contribution in [0.1, 0.15) is 39.2 Å². The zero-order valence-corrected chi connectivity index (χ0v) is 15.4. The minimum Gasteiger partial charge on any atom is -0.445 e. The van der Waals surface area contributed by atoms with Crippen molar-refractivity contribution in [1.82, 2.24) is 9.80 Å². The molecule has 2 atom stereocenters. The van der Waals surface area contributed by atoms with E-state index in [-0.39, 0.29) is 30.7 Å². The maximum absolute atomic E-state index is 12.5. The van der Waals surface area contributed by atoms with Crippen LogP contribution in [0.5, 0.6) is 0 Å². The minimum absolute atomic E-state index is 0.00359. The van der Waals surface area contributed by atoms with Crippen LogP contribution < -0.4 is 5.73 Å². The molecule has 0 bridgehead atoms. The monoisotopic (exact) mass is 347 g/mol. The third-order valence-corrected chi connectivity index (χ3v) is 4.52. The predicted octanol–water partition coefficient (Wildman–Crippen LogP) is 2.37. The first-order chi connectivity index (χ1) is 11.9. The van der Waals surface area contributed by atoms with E-state index in [0.29, 0.717) is 13.1 Å². The molecule has 0 radical (unpaired) electrons. The van der Waals surface area contributed by atoms with Gasteiger partial charge in [0.1, 0.15) is 6.61 Å². The standard InChI is InChI=1S/C19H29N3O3/c1-14(2)22(19(24)25-13-16-8-5-4-6-9-16)12-17-10-7-11-21(17)18(23)15(3)20/h4-6,8-9,14-15,17H,7,10-13,20H2,1-3H3/t15-,17-/m0/s1. The lowest BCUT2D eigenvalue weighted by Gasteiger charge is -2.33. The van der Waals surface area contributed by atoms with Gasteiger partial charge in [0.25, 0.3) is 0 Å². The van der Waals surface area contributed by atoms with E-state index in [1.165, 1.54) is 0 Å². The van der Waals surface area contributed by atoms with E-state index in [4.69, 9.17) is 10.5 Å².